The predicted octanol–water partition coefficient (Wildman–Crippen LogP) is 2.55. The van der Waals surface area contributed by atoms with Crippen LogP contribution >= 0.6 is 0 Å². The van der Waals surface area contributed by atoms with Gasteiger partial charge >= 0.3 is 0 Å². The molecule has 0 spiro atoms. The zero-order valence-corrected chi connectivity index (χ0v) is 17.4. The topological polar surface area (TPSA) is 93.8 Å². The Morgan fingerprint density at radius 2 is 1.86 bits per heavy atom. The minimum absolute atomic E-state index is 0.282. The molecule has 0 saturated heterocycles. The summed E-state index contributed by atoms with van der Waals surface area (Å²) in [5, 5.41) is 10.6. The average molecular weight is 390 g/mol. The normalized spacial score (nSPS) is 11.6. The van der Waals surface area contributed by atoms with Crippen molar-refractivity contribution in [3.8, 4) is 11.5 Å². The lowest BCUT2D eigenvalue weighted by atomic mass is 10.1. The van der Waals surface area contributed by atoms with Crippen LogP contribution in [0.25, 0.3) is 0 Å². The Hall–Kier alpha value is -2.77. The second-order valence-corrected chi connectivity index (χ2v) is 6.67. The van der Waals surface area contributed by atoms with Crippen molar-refractivity contribution in [3.63, 3.8) is 0 Å². The van der Waals surface area contributed by atoms with Gasteiger partial charge in [-0.15, -0.1) is 0 Å². The van der Waals surface area contributed by atoms with Crippen molar-refractivity contribution in [3.05, 3.63) is 35.5 Å². The average Bonchev–Trinajstić information content (AvgIpc) is 3.19. The number of hydrogen-bond acceptors (Lipinski definition) is 6. The van der Waals surface area contributed by atoms with Crippen molar-refractivity contribution in [2.45, 2.75) is 39.0 Å². The summed E-state index contributed by atoms with van der Waals surface area (Å²) in [5.74, 6) is 3.97. The number of hydrogen-bond donors (Lipinski definition) is 2. The molecule has 0 aliphatic rings. The van der Waals surface area contributed by atoms with E-state index < -0.39 is 0 Å². The number of rotatable bonds is 10. The van der Waals surface area contributed by atoms with Crippen molar-refractivity contribution in [1.29, 1.82) is 0 Å². The van der Waals surface area contributed by atoms with Crippen LogP contribution in [0, 0.1) is 0 Å². The van der Waals surface area contributed by atoms with Gasteiger partial charge < -0.3 is 24.6 Å². The first kappa shape index (κ1) is 21.5. The van der Waals surface area contributed by atoms with E-state index in [1.807, 2.05) is 32.0 Å². The summed E-state index contributed by atoms with van der Waals surface area (Å²) >= 11 is 0. The number of benzene rings is 1. The molecule has 0 aliphatic heterocycles. The molecule has 0 saturated carbocycles. The molecule has 2 aromatic rings. The number of aliphatic imine (C=N–C) groups is 1. The fourth-order valence-electron chi connectivity index (χ4n) is 2.63. The monoisotopic (exact) mass is 389 g/mol. The van der Waals surface area contributed by atoms with Gasteiger partial charge in [-0.1, -0.05) is 25.1 Å². The fraction of sp³-hybridized carbons (Fsp3) is 0.550. The summed E-state index contributed by atoms with van der Waals surface area (Å²) < 4.78 is 15.9. The molecule has 0 aliphatic carbocycles. The van der Waals surface area contributed by atoms with E-state index in [1.165, 1.54) is 0 Å². The molecule has 2 N–H and O–H groups in total. The first-order chi connectivity index (χ1) is 13.6. The number of nitrogens with zero attached hydrogens (tertiary/aromatic N) is 3. The Labute approximate surface area is 166 Å². The fourth-order valence-corrected chi connectivity index (χ4v) is 2.63. The highest BCUT2D eigenvalue weighted by Gasteiger charge is 2.09. The van der Waals surface area contributed by atoms with Gasteiger partial charge in [-0.25, -0.2) is 0 Å². The third-order valence-corrected chi connectivity index (χ3v) is 4.24. The standard InChI is InChI=1S/C20H31N5O3/c1-14(2)19-24-18(28-25-19)7-6-11-22-20(21-3)23-12-10-15-8-9-16(26-4)17(13-15)27-5/h8-9,13-14H,6-7,10-12H2,1-5H3,(H2,21,22,23). The largest absolute Gasteiger partial charge is 0.493 e. The van der Waals surface area contributed by atoms with Crippen LogP contribution in [0.15, 0.2) is 27.7 Å². The number of aromatic nitrogens is 2. The van der Waals surface area contributed by atoms with Crippen molar-refractivity contribution >= 4 is 5.96 Å². The Balaban J connectivity index is 1.69. The minimum Gasteiger partial charge on any atom is -0.493 e. The molecule has 154 valence electrons. The molecular weight excluding hydrogens is 358 g/mol. The van der Waals surface area contributed by atoms with Crippen LogP contribution in [-0.2, 0) is 12.8 Å². The van der Waals surface area contributed by atoms with Gasteiger partial charge in [-0.2, -0.15) is 4.98 Å². The molecule has 0 unspecified atom stereocenters. The molecule has 0 fully saturated rings. The molecule has 28 heavy (non-hydrogen) atoms. The highest BCUT2D eigenvalue weighted by molar-refractivity contribution is 5.79. The van der Waals surface area contributed by atoms with Crippen molar-refractivity contribution in [2.24, 2.45) is 4.99 Å². The van der Waals surface area contributed by atoms with Gasteiger partial charge in [-0.05, 0) is 30.5 Å². The highest BCUT2D eigenvalue weighted by atomic mass is 16.5. The van der Waals surface area contributed by atoms with Gasteiger partial charge in [0, 0.05) is 32.5 Å². The lowest BCUT2D eigenvalue weighted by molar-refractivity contribution is 0.354. The van der Waals surface area contributed by atoms with Gasteiger partial charge in [-0.3, -0.25) is 4.99 Å². The zero-order valence-electron chi connectivity index (χ0n) is 17.4. The van der Waals surface area contributed by atoms with Crippen LogP contribution in [-0.4, -0.2) is 50.5 Å². The second-order valence-electron chi connectivity index (χ2n) is 6.67. The number of ether oxygens (including phenoxy) is 2. The first-order valence-electron chi connectivity index (χ1n) is 9.55. The highest BCUT2D eigenvalue weighted by Crippen LogP contribution is 2.27. The maximum absolute atomic E-state index is 5.34. The summed E-state index contributed by atoms with van der Waals surface area (Å²) in [4.78, 5) is 8.64. The Morgan fingerprint density at radius 1 is 1.11 bits per heavy atom. The van der Waals surface area contributed by atoms with Crippen LogP contribution in [0.1, 0.15) is 43.5 Å². The van der Waals surface area contributed by atoms with E-state index in [1.54, 1.807) is 21.3 Å². The first-order valence-corrected chi connectivity index (χ1v) is 9.55. The maximum Gasteiger partial charge on any atom is 0.226 e. The van der Waals surface area contributed by atoms with E-state index in [2.05, 4.69) is 25.8 Å². The molecule has 0 bridgehead atoms. The second kappa shape index (κ2) is 11.2. The molecule has 2 rings (SSSR count). The minimum atomic E-state index is 0.282. The molecular formula is C20H31N5O3. The van der Waals surface area contributed by atoms with E-state index >= 15 is 0 Å². The van der Waals surface area contributed by atoms with Gasteiger partial charge in [0.1, 0.15) is 0 Å². The van der Waals surface area contributed by atoms with Gasteiger partial charge in [0.2, 0.25) is 5.89 Å². The van der Waals surface area contributed by atoms with Gasteiger partial charge in [0.05, 0.1) is 14.2 Å². The number of aryl methyl sites for hydroxylation is 1. The van der Waals surface area contributed by atoms with Crippen LogP contribution in [0.3, 0.4) is 0 Å². The zero-order chi connectivity index (χ0) is 20.4. The van der Waals surface area contributed by atoms with Crippen LogP contribution < -0.4 is 20.1 Å². The molecule has 8 heteroatoms. The smallest absolute Gasteiger partial charge is 0.226 e. The van der Waals surface area contributed by atoms with E-state index in [-0.39, 0.29) is 5.92 Å². The van der Waals surface area contributed by atoms with Crippen molar-refractivity contribution < 1.29 is 14.0 Å². The molecule has 1 aromatic heterocycles. The summed E-state index contributed by atoms with van der Waals surface area (Å²) in [6.45, 7) is 5.63. The van der Waals surface area contributed by atoms with Gasteiger partial charge in [0.15, 0.2) is 23.3 Å². The molecule has 8 nitrogen and oxygen atoms in total. The molecule has 1 heterocycles. The molecule has 1 aromatic carbocycles. The number of guanidine groups is 1. The maximum atomic E-state index is 5.34. The van der Waals surface area contributed by atoms with E-state index in [9.17, 15) is 0 Å². The van der Waals surface area contributed by atoms with Crippen molar-refractivity contribution in [2.75, 3.05) is 34.4 Å². The lowest BCUT2D eigenvalue weighted by Gasteiger charge is -2.12. The Morgan fingerprint density at radius 3 is 2.50 bits per heavy atom. The quantitative estimate of drug-likeness (QED) is 0.366. The lowest BCUT2D eigenvalue weighted by Crippen LogP contribution is -2.38. The predicted molar refractivity (Wildman–Crippen MR) is 109 cm³/mol. The summed E-state index contributed by atoms with van der Waals surface area (Å²) in [5.41, 5.74) is 1.16. The third-order valence-electron chi connectivity index (χ3n) is 4.24. The van der Waals surface area contributed by atoms with E-state index in [0.717, 1.165) is 61.2 Å². The number of methoxy groups -OCH3 is 2. The third kappa shape index (κ3) is 6.44. The van der Waals surface area contributed by atoms with Crippen LogP contribution in [0.5, 0.6) is 11.5 Å². The van der Waals surface area contributed by atoms with E-state index in [4.69, 9.17) is 14.0 Å². The van der Waals surface area contributed by atoms with Crippen LogP contribution in [0.4, 0.5) is 0 Å². The van der Waals surface area contributed by atoms with Crippen LogP contribution in [0.2, 0.25) is 0 Å². The molecule has 0 atom stereocenters. The summed E-state index contributed by atoms with van der Waals surface area (Å²) in [7, 11) is 5.04. The Bertz CT molecular complexity index is 758. The summed E-state index contributed by atoms with van der Waals surface area (Å²) in [6.07, 6.45) is 2.48. The molecule has 0 radical (unpaired) electrons. The molecule has 0 amide bonds. The number of nitrogens with one attached hydrogen (secondary N) is 2. The van der Waals surface area contributed by atoms with Crippen molar-refractivity contribution in [1.82, 2.24) is 20.8 Å². The van der Waals surface area contributed by atoms with Gasteiger partial charge in [0.25, 0.3) is 0 Å². The van der Waals surface area contributed by atoms with E-state index in [0.29, 0.717) is 5.89 Å². The summed E-state index contributed by atoms with van der Waals surface area (Å²) in [6, 6.07) is 5.95. The SMILES string of the molecule is CN=C(NCCCc1nc(C(C)C)no1)NCCc1ccc(OC)c(OC)c1. The Kier molecular flexibility index (Phi) is 8.58.